The normalized spacial score (nSPS) is 10.3. The van der Waals surface area contributed by atoms with Crippen LogP contribution in [0.4, 0.5) is 0 Å². The topological polar surface area (TPSA) is 17.0 Å². The average molecular weight is 244 g/mol. The summed E-state index contributed by atoms with van der Waals surface area (Å²) in [7, 11) is 0. The van der Waals surface area contributed by atoms with Gasteiger partial charge in [-0.05, 0) is 26.0 Å². The van der Waals surface area contributed by atoms with Crippen molar-refractivity contribution in [3.8, 4) is 5.75 Å². The number of hydrogen-bond donors (Lipinski definition) is 0. The van der Waals surface area contributed by atoms with Crippen molar-refractivity contribution in [2.24, 2.45) is 0 Å². The smallest absolute Gasteiger partial charge is 0.211 e. The molecular weight excluding hydrogens is 224 g/mol. The van der Waals surface area contributed by atoms with Gasteiger partial charge in [0.2, 0.25) is 6.20 Å². The van der Waals surface area contributed by atoms with E-state index in [0.717, 1.165) is 18.8 Å². The zero-order chi connectivity index (χ0) is 12.8. The molecule has 0 saturated heterocycles. The van der Waals surface area contributed by atoms with Crippen molar-refractivity contribution in [2.45, 2.75) is 33.5 Å². The van der Waals surface area contributed by atoms with Gasteiger partial charge in [-0.1, -0.05) is 0 Å². The number of hydrogen-bond acceptors (Lipinski definition) is 1. The first-order chi connectivity index (χ1) is 8.81. The van der Waals surface area contributed by atoms with Gasteiger partial charge < -0.3 is 4.74 Å². The standard InChI is InChI=1S/C15H20N2O/c1-3-16-9-5-7-14(11-16)13-18-15-8-6-10-17(4-2)12-15/h5-12H,3-4,13H2,1-2H3/q+2. The summed E-state index contributed by atoms with van der Waals surface area (Å²) in [5, 5.41) is 0. The molecule has 0 amide bonds. The monoisotopic (exact) mass is 244 g/mol. The lowest BCUT2D eigenvalue weighted by atomic mass is 10.3. The van der Waals surface area contributed by atoms with Crippen LogP contribution < -0.4 is 13.9 Å². The highest BCUT2D eigenvalue weighted by molar-refractivity contribution is 5.14. The number of rotatable bonds is 5. The summed E-state index contributed by atoms with van der Waals surface area (Å²) < 4.78 is 10.1. The van der Waals surface area contributed by atoms with E-state index in [0.29, 0.717) is 6.61 Å². The molecule has 0 aliphatic carbocycles. The van der Waals surface area contributed by atoms with E-state index in [1.165, 1.54) is 5.56 Å². The van der Waals surface area contributed by atoms with E-state index in [9.17, 15) is 0 Å². The molecule has 2 aromatic heterocycles. The van der Waals surface area contributed by atoms with Crippen LogP contribution in [0.1, 0.15) is 19.4 Å². The van der Waals surface area contributed by atoms with Crippen molar-refractivity contribution in [1.82, 2.24) is 0 Å². The average Bonchev–Trinajstić information content (AvgIpc) is 2.45. The van der Waals surface area contributed by atoms with Crippen molar-refractivity contribution in [3.63, 3.8) is 0 Å². The van der Waals surface area contributed by atoms with Gasteiger partial charge in [-0.15, -0.1) is 0 Å². The van der Waals surface area contributed by atoms with Gasteiger partial charge in [0.1, 0.15) is 19.7 Å². The molecule has 3 nitrogen and oxygen atoms in total. The summed E-state index contributed by atoms with van der Waals surface area (Å²) in [4.78, 5) is 0. The lowest BCUT2D eigenvalue weighted by Gasteiger charge is -2.04. The Bertz CT molecular complexity index is 464. The number of aromatic nitrogens is 2. The second-order valence-corrected chi connectivity index (χ2v) is 4.20. The van der Waals surface area contributed by atoms with Crippen LogP contribution in [0, 0.1) is 0 Å². The highest BCUT2D eigenvalue weighted by atomic mass is 16.5. The minimum Gasteiger partial charge on any atom is -0.482 e. The Morgan fingerprint density at radius 3 is 2.33 bits per heavy atom. The van der Waals surface area contributed by atoms with Crippen LogP contribution in [0.3, 0.4) is 0 Å². The van der Waals surface area contributed by atoms with Crippen molar-refractivity contribution in [3.05, 3.63) is 54.6 Å². The molecule has 0 aromatic carbocycles. The van der Waals surface area contributed by atoms with E-state index in [-0.39, 0.29) is 0 Å². The fraction of sp³-hybridized carbons (Fsp3) is 0.333. The first-order valence-corrected chi connectivity index (χ1v) is 6.41. The van der Waals surface area contributed by atoms with Gasteiger partial charge in [-0.3, -0.25) is 0 Å². The summed E-state index contributed by atoms with van der Waals surface area (Å²) in [5.74, 6) is 0.909. The van der Waals surface area contributed by atoms with Crippen LogP contribution in [0.25, 0.3) is 0 Å². The third-order valence-corrected chi connectivity index (χ3v) is 2.89. The van der Waals surface area contributed by atoms with E-state index in [1.54, 1.807) is 0 Å². The molecule has 0 aliphatic heterocycles. The molecule has 0 fully saturated rings. The first kappa shape index (κ1) is 12.6. The number of nitrogens with zero attached hydrogens (tertiary/aromatic N) is 2. The van der Waals surface area contributed by atoms with Crippen molar-refractivity contribution in [2.75, 3.05) is 0 Å². The van der Waals surface area contributed by atoms with E-state index >= 15 is 0 Å². The quantitative estimate of drug-likeness (QED) is 0.734. The van der Waals surface area contributed by atoms with Crippen LogP contribution in [0.15, 0.2) is 49.1 Å². The molecule has 2 aromatic rings. The summed E-state index contributed by atoms with van der Waals surface area (Å²) in [6.07, 6.45) is 8.26. The number of ether oxygens (including phenoxy) is 1. The zero-order valence-corrected chi connectivity index (χ0v) is 11.0. The van der Waals surface area contributed by atoms with Crippen LogP contribution in [0.5, 0.6) is 5.75 Å². The van der Waals surface area contributed by atoms with E-state index < -0.39 is 0 Å². The second-order valence-electron chi connectivity index (χ2n) is 4.20. The fourth-order valence-electron chi connectivity index (χ4n) is 1.80. The molecule has 2 heterocycles. The van der Waals surface area contributed by atoms with Gasteiger partial charge in [0, 0.05) is 12.1 Å². The zero-order valence-electron chi connectivity index (χ0n) is 11.0. The van der Waals surface area contributed by atoms with Crippen LogP contribution in [-0.4, -0.2) is 0 Å². The van der Waals surface area contributed by atoms with E-state index in [1.807, 2.05) is 24.5 Å². The maximum Gasteiger partial charge on any atom is 0.211 e. The largest absolute Gasteiger partial charge is 0.482 e. The van der Waals surface area contributed by atoms with E-state index in [2.05, 4.69) is 47.5 Å². The minimum atomic E-state index is 0.606. The maximum atomic E-state index is 5.80. The maximum absolute atomic E-state index is 5.80. The highest BCUT2D eigenvalue weighted by Crippen LogP contribution is 2.08. The van der Waals surface area contributed by atoms with Gasteiger partial charge in [0.15, 0.2) is 24.3 Å². The molecule has 2 rings (SSSR count). The molecular formula is C15H20N2O+2. The van der Waals surface area contributed by atoms with Crippen LogP contribution in [0.2, 0.25) is 0 Å². The van der Waals surface area contributed by atoms with Gasteiger partial charge in [-0.2, -0.15) is 0 Å². The molecule has 0 unspecified atom stereocenters. The van der Waals surface area contributed by atoms with Crippen LogP contribution >= 0.6 is 0 Å². The molecule has 0 saturated carbocycles. The third kappa shape index (κ3) is 3.29. The van der Waals surface area contributed by atoms with Crippen LogP contribution in [-0.2, 0) is 19.7 Å². The number of aryl methyl sites for hydroxylation is 2. The Labute approximate surface area is 108 Å². The molecule has 0 aliphatic rings. The number of pyridine rings is 2. The summed E-state index contributed by atoms with van der Waals surface area (Å²) in [6, 6.07) is 8.14. The SMILES string of the molecule is CC[n+]1cccc(COc2ccc[n+](CC)c2)c1. The Hall–Kier alpha value is -1.90. The fourth-order valence-corrected chi connectivity index (χ4v) is 1.80. The predicted molar refractivity (Wildman–Crippen MR) is 69.0 cm³/mol. The molecule has 0 N–H and O–H groups in total. The lowest BCUT2D eigenvalue weighted by molar-refractivity contribution is -0.694. The molecule has 0 bridgehead atoms. The summed E-state index contributed by atoms with van der Waals surface area (Å²) in [6.45, 7) is 6.79. The van der Waals surface area contributed by atoms with Gasteiger partial charge >= 0.3 is 0 Å². The molecule has 3 heteroatoms. The minimum absolute atomic E-state index is 0.606. The van der Waals surface area contributed by atoms with Crippen molar-refractivity contribution >= 4 is 0 Å². The molecule has 0 spiro atoms. The molecule has 0 atom stereocenters. The summed E-state index contributed by atoms with van der Waals surface area (Å²) in [5.41, 5.74) is 1.19. The highest BCUT2D eigenvalue weighted by Gasteiger charge is 2.04. The van der Waals surface area contributed by atoms with E-state index in [4.69, 9.17) is 4.74 Å². The Morgan fingerprint density at radius 2 is 1.61 bits per heavy atom. The molecule has 18 heavy (non-hydrogen) atoms. The Morgan fingerprint density at radius 1 is 0.944 bits per heavy atom. The third-order valence-electron chi connectivity index (χ3n) is 2.89. The molecule has 94 valence electrons. The van der Waals surface area contributed by atoms with Crippen molar-refractivity contribution < 1.29 is 13.9 Å². The lowest BCUT2D eigenvalue weighted by Crippen LogP contribution is -2.32. The predicted octanol–water partition coefficient (Wildman–Crippen LogP) is 1.88. The van der Waals surface area contributed by atoms with Crippen molar-refractivity contribution in [1.29, 1.82) is 0 Å². The second kappa shape index (κ2) is 6.15. The first-order valence-electron chi connectivity index (χ1n) is 6.41. The molecule has 0 radical (unpaired) electrons. The Balaban J connectivity index is 2.01. The van der Waals surface area contributed by atoms with Gasteiger partial charge in [-0.25, -0.2) is 9.13 Å². The van der Waals surface area contributed by atoms with Gasteiger partial charge in [0.25, 0.3) is 0 Å². The summed E-state index contributed by atoms with van der Waals surface area (Å²) >= 11 is 0. The van der Waals surface area contributed by atoms with Gasteiger partial charge in [0.05, 0.1) is 5.56 Å². The Kier molecular flexibility index (Phi) is 4.29.